The predicted octanol–water partition coefficient (Wildman–Crippen LogP) is 2.17. The summed E-state index contributed by atoms with van der Waals surface area (Å²) in [5.74, 6) is -0.648. The van der Waals surface area contributed by atoms with Crippen LogP contribution in [0.15, 0.2) is 18.2 Å². The largest absolute Gasteiger partial charge is 0.504 e. The minimum atomic E-state index is -2.49. The highest BCUT2D eigenvalue weighted by Crippen LogP contribution is 2.28. The van der Waals surface area contributed by atoms with Crippen molar-refractivity contribution in [2.24, 2.45) is 5.73 Å². The van der Waals surface area contributed by atoms with Crippen molar-refractivity contribution in [3.63, 3.8) is 0 Å². The van der Waals surface area contributed by atoms with Gasteiger partial charge in [0.25, 0.3) is 0 Å². The van der Waals surface area contributed by atoms with Gasteiger partial charge in [-0.15, -0.1) is 12.4 Å². The van der Waals surface area contributed by atoms with Gasteiger partial charge in [0.2, 0.25) is 6.43 Å². The van der Waals surface area contributed by atoms with Gasteiger partial charge in [-0.1, -0.05) is 6.07 Å². The van der Waals surface area contributed by atoms with E-state index in [1.165, 1.54) is 18.2 Å². The number of aromatic hydroxyl groups is 2. The fourth-order valence-electron chi connectivity index (χ4n) is 1.10. The SMILES string of the molecule is Cl.N[C@@H](CC(F)F)c1ccc(O)c(O)c1. The van der Waals surface area contributed by atoms with Gasteiger partial charge in [-0.25, -0.2) is 8.78 Å². The van der Waals surface area contributed by atoms with Crippen LogP contribution in [0.1, 0.15) is 18.0 Å². The Morgan fingerprint density at radius 3 is 2.27 bits per heavy atom. The summed E-state index contributed by atoms with van der Waals surface area (Å²) < 4.78 is 23.9. The van der Waals surface area contributed by atoms with E-state index in [1.807, 2.05) is 0 Å². The highest BCUT2D eigenvalue weighted by atomic mass is 35.5. The van der Waals surface area contributed by atoms with E-state index < -0.39 is 18.9 Å². The zero-order chi connectivity index (χ0) is 10.7. The first-order valence-electron chi connectivity index (χ1n) is 4.06. The normalized spacial score (nSPS) is 12.3. The number of hydrogen-bond donors (Lipinski definition) is 3. The Bertz CT molecular complexity index is 323. The van der Waals surface area contributed by atoms with Crippen LogP contribution in [0.4, 0.5) is 8.78 Å². The molecule has 1 atom stereocenters. The number of hydrogen-bond acceptors (Lipinski definition) is 3. The van der Waals surface area contributed by atoms with Gasteiger partial charge in [-0.3, -0.25) is 0 Å². The molecule has 0 unspecified atom stereocenters. The first-order chi connectivity index (χ1) is 6.50. The molecule has 0 aliphatic rings. The molecule has 0 aliphatic carbocycles. The van der Waals surface area contributed by atoms with Crippen molar-refractivity contribution < 1.29 is 19.0 Å². The van der Waals surface area contributed by atoms with Crippen LogP contribution >= 0.6 is 12.4 Å². The zero-order valence-electron chi connectivity index (χ0n) is 7.73. The maximum atomic E-state index is 12.0. The second-order valence-electron chi connectivity index (χ2n) is 2.98. The van der Waals surface area contributed by atoms with Crippen LogP contribution in [0.25, 0.3) is 0 Å². The molecule has 4 N–H and O–H groups in total. The van der Waals surface area contributed by atoms with Gasteiger partial charge < -0.3 is 15.9 Å². The van der Waals surface area contributed by atoms with Crippen molar-refractivity contribution in [1.29, 1.82) is 0 Å². The summed E-state index contributed by atoms with van der Waals surface area (Å²) in [6.07, 6.45) is -2.95. The predicted molar refractivity (Wildman–Crippen MR) is 54.6 cm³/mol. The molecule has 0 amide bonds. The van der Waals surface area contributed by atoms with Crippen LogP contribution in [-0.4, -0.2) is 16.6 Å². The fraction of sp³-hybridized carbons (Fsp3) is 0.333. The van der Waals surface area contributed by atoms with Gasteiger partial charge in [-0.2, -0.15) is 0 Å². The van der Waals surface area contributed by atoms with Gasteiger partial charge in [0, 0.05) is 12.5 Å². The lowest BCUT2D eigenvalue weighted by molar-refractivity contribution is 0.128. The van der Waals surface area contributed by atoms with Crippen LogP contribution < -0.4 is 5.73 Å². The summed E-state index contributed by atoms with van der Waals surface area (Å²) >= 11 is 0. The molecule has 15 heavy (non-hydrogen) atoms. The molecule has 0 saturated carbocycles. The Morgan fingerprint density at radius 2 is 1.80 bits per heavy atom. The molecular weight excluding hydrogens is 228 g/mol. The van der Waals surface area contributed by atoms with Crippen molar-refractivity contribution in [2.75, 3.05) is 0 Å². The van der Waals surface area contributed by atoms with E-state index in [9.17, 15) is 8.78 Å². The van der Waals surface area contributed by atoms with Crippen molar-refractivity contribution in [1.82, 2.24) is 0 Å². The monoisotopic (exact) mass is 239 g/mol. The molecule has 0 bridgehead atoms. The summed E-state index contributed by atoms with van der Waals surface area (Å²) in [4.78, 5) is 0. The van der Waals surface area contributed by atoms with E-state index in [1.54, 1.807) is 0 Å². The topological polar surface area (TPSA) is 66.5 Å². The average molecular weight is 240 g/mol. The van der Waals surface area contributed by atoms with E-state index in [0.29, 0.717) is 5.56 Å². The minimum Gasteiger partial charge on any atom is -0.504 e. The number of benzene rings is 1. The number of halogens is 3. The summed E-state index contributed by atoms with van der Waals surface area (Å²) in [7, 11) is 0. The Kier molecular flexibility index (Phi) is 5.32. The first kappa shape index (κ1) is 13.9. The van der Waals surface area contributed by atoms with Crippen molar-refractivity contribution in [3.8, 4) is 11.5 Å². The lowest BCUT2D eigenvalue weighted by atomic mass is 10.0. The second-order valence-corrected chi connectivity index (χ2v) is 2.98. The number of nitrogens with two attached hydrogens (primary N) is 1. The maximum absolute atomic E-state index is 12.0. The third-order valence-corrected chi connectivity index (χ3v) is 1.86. The molecule has 0 aromatic heterocycles. The maximum Gasteiger partial charge on any atom is 0.240 e. The number of alkyl halides is 2. The van der Waals surface area contributed by atoms with Crippen molar-refractivity contribution >= 4 is 12.4 Å². The molecule has 86 valence electrons. The molecule has 0 saturated heterocycles. The molecule has 1 aromatic rings. The van der Waals surface area contributed by atoms with Gasteiger partial charge in [0.05, 0.1) is 0 Å². The molecule has 0 spiro atoms. The van der Waals surface area contributed by atoms with E-state index in [4.69, 9.17) is 15.9 Å². The van der Waals surface area contributed by atoms with Crippen LogP contribution in [0, 0.1) is 0 Å². The smallest absolute Gasteiger partial charge is 0.240 e. The fourth-order valence-corrected chi connectivity index (χ4v) is 1.10. The number of rotatable bonds is 3. The lowest BCUT2D eigenvalue weighted by Gasteiger charge is -2.11. The molecule has 6 heteroatoms. The van der Waals surface area contributed by atoms with E-state index in [2.05, 4.69) is 0 Å². The molecule has 1 aromatic carbocycles. The summed E-state index contributed by atoms with van der Waals surface area (Å²) in [6, 6.07) is 2.97. The molecule has 3 nitrogen and oxygen atoms in total. The Morgan fingerprint density at radius 1 is 1.20 bits per heavy atom. The van der Waals surface area contributed by atoms with E-state index in [0.717, 1.165) is 0 Å². The first-order valence-corrected chi connectivity index (χ1v) is 4.06. The zero-order valence-corrected chi connectivity index (χ0v) is 8.55. The average Bonchev–Trinajstić information content (AvgIpc) is 2.08. The Balaban J connectivity index is 0.00000196. The third kappa shape index (κ3) is 3.89. The standard InChI is InChI=1S/C9H11F2NO2.ClH/c10-9(11)4-6(12)5-1-2-7(13)8(14)3-5;/h1-3,6,9,13-14H,4,12H2;1H/t6-;/m0./s1. The second kappa shape index (κ2) is 5.72. The highest BCUT2D eigenvalue weighted by Gasteiger charge is 2.14. The molecule has 0 fully saturated rings. The third-order valence-electron chi connectivity index (χ3n) is 1.86. The number of phenolic OH excluding ortho intramolecular Hbond substituents is 2. The van der Waals surface area contributed by atoms with Crippen LogP contribution in [0.5, 0.6) is 11.5 Å². The highest BCUT2D eigenvalue weighted by molar-refractivity contribution is 5.85. The van der Waals surface area contributed by atoms with Crippen molar-refractivity contribution in [3.05, 3.63) is 23.8 Å². The van der Waals surface area contributed by atoms with E-state index in [-0.39, 0.29) is 23.9 Å². The van der Waals surface area contributed by atoms with Crippen LogP contribution in [0.2, 0.25) is 0 Å². The van der Waals surface area contributed by atoms with Crippen molar-refractivity contribution in [2.45, 2.75) is 18.9 Å². The van der Waals surface area contributed by atoms with Crippen LogP contribution in [0.3, 0.4) is 0 Å². The van der Waals surface area contributed by atoms with Gasteiger partial charge in [-0.05, 0) is 17.7 Å². The van der Waals surface area contributed by atoms with E-state index >= 15 is 0 Å². The molecular formula is C9H12ClF2NO2. The molecule has 0 radical (unpaired) electrons. The van der Waals surface area contributed by atoms with Gasteiger partial charge >= 0.3 is 0 Å². The van der Waals surface area contributed by atoms with Crippen LogP contribution in [-0.2, 0) is 0 Å². The lowest BCUT2D eigenvalue weighted by Crippen LogP contribution is -2.13. The molecule has 0 aliphatic heterocycles. The summed E-state index contributed by atoms with van der Waals surface area (Å²) in [5, 5.41) is 18.1. The van der Waals surface area contributed by atoms with Gasteiger partial charge in [0.15, 0.2) is 11.5 Å². The number of phenols is 2. The molecule has 0 heterocycles. The van der Waals surface area contributed by atoms with Gasteiger partial charge in [0.1, 0.15) is 0 Å². The summed E-state index contributed by atoms with van der Waals surface area (Å²) in [6.45, 7) is 0. The summed E-state index contributed by atoms with van der Waals surface area (Å²) in [5.41, 5.74) is 5.82. The molecule has 1 rings (SSSR count). The Hall–Kier alpha value is -1.07. The Labute approximate surface area is 91.9 Å². The minimum absolute atomic E-state index is 0. The quantitative estimate of drug-likeness (QED) is 0.709.